The number of hydrogen-bond donors (Lipinski definition) is 3. The minimum absolute atomic E-state index is 0.00538. The fourth-order valence-electron chi connectivity index (χ4n) is 2.19. The summed E-state index contributed by atoms with van der Waals surface area (Å²) < 4.78 is 0. The van der Waals surface area contributed by atoms with Gasteiger partial charge in [-0.1, -0.05) is 43.3 Å². The first-order chi connectivity index (χ1) is 9.13. The Balaban J connectivity index is 2.22. The first-order valence-corrected chi connectivity index (χ1v) is 6.75. The normalized spacial score (nSPS) is 14.5. The summed E-state index contributed by atoms with van der Waals surface area (Å²) in [5.41, 5.74) is 0.863. The summed E-state index contributed by atoms with van der Waals surface area (Å²) in [5, 5.41) is 25.1. The number of fused-ring (bicyclic) bond motifs is 1. The van der Waals surface area contributed by atoms with Gasteiger partial charge in [0.25, 0.3) is 0 Å². The van der Waals surface area contributed by atoms with Crippen LogP contribution in [-0.4, -0.2) is 22.9 Å². The van der Waals surface area contributed by atoms with Crippen LogP contribution >= 0.6 is 0 Å². The number of nitrogens with one attached hydrogen (secondary N) is 1. The quantitative estimate of drug-likeness (QED) is 0.773. The number of hydrogen-bond acceptors (Lipinski definition) is 3. The zero-order chi connectivity index (χ0) is 13.8. The van der Waals surface area contributed by atoms with Crippen molar-refractivity contribution in [3.63, 3.8) is 0 Å². The number of aliphatic hydroxyl groups excluding tert-OH is 1. The molecule has 3 heteroatoms. The van der Waals surface area contributed by atoms with Crippen LogP contribution in [0.5, 0.6) is 5.75 Å². The lowest BCUT2D eigenvalue weighted by Crippen LogP contribution is -2.28. The average molecular weight is 259 g/mol. The Morgan fingerprint density at radius 3 is 2.63 bits per heavy atom. The lowest BCUT2D eigenvalue weighted by atomic mass is 10.0. The molecule has 0 aliphatic carbocycles. The molecule has 0 fully saturated rings. The molecule has 2 aromatic carbocycles. The van der Waals surface area contributed by atoms with E-state index in [0.29, 0.717) is 12.3 Å². The first kappa shape index (κ1) is 13.8. The van der Waals surface area contributed by atoms with Crippen molar-refractivity contribution >= 4 is 10.8 Å². The van der Waals surface area contributed by atoms with E-state index in [9.17, 15) is 10.2 Å². The minimum Gasteiger partial charge on any atom is -0.507 e. The van der Waals surface area contributed by atoms with Crippen molar-refractivity contribution in [1.82, 2.24) is 5.32 Å². The molecule has 3 N–H and O–H groups in total. The predicted molar refractivity (Wildman–Crippen MR) is 78.3 cm³/mol. The van der Waals surface area contributed by atoms with Crippen LogP contribution in [0, 0.1) is 0 Å². The van der Waals surface area contributed by atoms with Crippen molar-refractivity contribution in [2.45, 2.75) is 32.4 Å². The molecule has 19 heavy (non-hydrogen) atoms. The van der Waals surface area contributed by atoms with E-state index >= 15 is 0 Å². The maximum Gasteiger partial charge on any atom is 0.128 e. The molecule has 0 aliphatic rings. The molecule has 0 bridgehead atoms. The van der Waals surface area contributed by atoms with Gasteiger partial charge in [0.15, 0.2) is 0 Å². The molecule has 0 heterocycles. The van der Waals surface area contributed by atoms with E-state index in [-0.39, 0.29) is 12.1 Å². The third-order valence-corrected chi connectivity index (χ3v) is 3.53. The summed E-state index contributed by atoms with van der Waals surface area (Å²) in [6, 6.07) is 11.7. The second-order valence-electron chi connectivity index (χ2n) is 4.92. The van der Waals surface area contributed by atoms with Gasteiger partial charge in [0.1, 0.15) is 5.75 Å². The van der Waals surface area contributed by atoms with Crippen molar-refractivity contribution in [1.29, 1.82) is 0 Å². The predicted octanol–water partition coefficient (Wildman–Crippen LogP) is 2.97. The number of phenols is 1. The third kappa shape index (κ3) is 3.06. The van der Waals surface area contributed by atoms with Crippen LogP contribution in [0.2, 0.25) is 0 Å². The molecule has 0 amide bonds. The van der Waals surface area contributed by atoms with E-state index in [2.05, 4.69) is 5.32 Å². The average Bonchev–Trinajstić information content (AvgIpc) is 2.45. The minimum atomic E-state index is -0.343. The van der Waals surface area contributed by atoms with Gasteiger partial charge >= 0.3 is 0 Å². The lowest BCUT2D eigenvalue weighted by Gasteiger charge is -2.18. The molecule has 0 aliphatic heterocycles. The van der Waals surface area contributed by atoms with E-state index in [1.807, 2.05) is 50.2 Å². The molecule has 2 atom stereocenters. The lowest BCUT2D eigenvalue weighted by molar-refractivity contribution is 0.163. The van der Waals surface area contributed by atoms with Gasteiger partial charge in [-0.3, -0.25) is 0 Å². The second kappa shape index (κ2) is 6.04. The molecular formula is C16H21NO2. The Morgan fingerprint density at radius 2 is 1.89 bits per heavy atom. The fraction of sp³-hybridized carbons (Fsp3) is 0.375. The Morgan fingerprint density at radius 1 is 1.16 bits per heavy atom. The van der Waals surface area contributed by atoms with Crippen molar-refractivity contribution in [3.05, 3.63) is 42.0 Å². The van der Waals surface area contributed by atoms with Gasteiger partial charge in [-0.25, -0.2) is 0 Å². The number of aliphatic hydroxyl groups is 1. The molecule has 0 saturated carbocycles. The van der Waals surface area contributed by atoms with Crippen LogP contribution in [0.25, 0.3) is 10.8 Å². The van der Waals surface area contributed by atoms with Crippen LogP contribution in [0.15, 0.2) is 36.4 Å². The van der Waals surface area contributed by atoms with Crippen molar-refractivity contribution in [2.24, 2.45) is 0 Å². The first-order valence-electron chi connectivity index (χ1n) is 6.75. The number of aromatic hydroxyl groups is 1. The van der Waals surface area contributed by atoms with Gasteiger partial charge in [-0.05, 0) is 18.7 Å². The van der Waals surface area contributed by atoms with E-state index in [4.69, 9.17) is 0 Å². The summed E-state index contributed by atoms with van der Waals surface area (Å²) in [7, 11) is 0. The third-order valence-electron chi connectivity index (χ3n) is 3.53. The maximum atomic E-state index is 10.3. The smallest absolute Gasteiger partial charge is 0.128 e. The topological polar surface area (TPSA) is 52.5 Å². The molecular weight excluding hydrogens is 238 g/mol. The largest absolute Gasteiger partial charge is 0.507 e. The second-order valence-corrected chi connectivity index (χ2v) is 4.92. The van der Waals surface area contributed by atoms with Crippen LogP contribution in [-0.2, 0) is 0 Å². The summed E-state index contributed by atoms with van der Waals surface area (Å²) in [6.07, 6.45) is 0.383. The molecule has 2 unspecified atom stereocenters. The zero-order valence-electron chi connectivity index (χ0n) is 11.4. The fourth-order valence-corrected chi connectivity index (χ4v) is 2.19. The van der Waals surface area contributed by atoms with Gasteiger partial charge < -0.3 is 15.5 Å². The van der Waals surface area contributed by atoms with Gasteiger partial charge in [0.2, 0.25) is 0 Å². The maximum absolute atomic E-state index is 10.3. The molecule has 0 spiro atoms. The van der Waals surface area contributed by atoms with Crippen LogP contribution in [0.4, 0.5) is 0 Å². The van der Waals surface area contributed by atoms with Gasteiger partial charge in [0.05, 0.1) is 6.10 Å². The highest BCUT2D eigenvalue weighted by molar-refractivity contribution is 5.89. The van der Waals surface area contributed by atoms with E-state index in [1.165, 1.54) is 0 Å². The molecule has 0 radical (unpaired) electrons. The van der Waals surface area contributed by atoms with Gasteiger partial charge in [0, 0.05) is 23.5 Å². The number of benzene rings is 2. The van der Waals surface area contributed by atoms with E-state index < -0.39 is 0 Å². The number of rotatable bonds is 5. The van der Waals surface area contributed by atoms with Crippen LogP contribution in [0.3, 0.4) is 0 Å². The molecule has 102 valence electrons. The Labute approximate surface area is 113 Å². The van der Waals surface area contributed by atoms with Crippen molar-refractivity contribution in [3.8, 4) is 5.75 Å². The molecule has 0 aromatic heterocycles. The molecule has 0 saturated heterocycles. The Hall–Kier alpha value is -1.58. The summed E-state index contributed by atoms with van der Waals surface area (Å²) in [5.74, 6) is 0.323. The Kier molecular flexibility index (Phi) is 4.40. The van der Waals surface area contributed by atoms with Crippen LogP contribution < -0.4 is 5.32 Å². The molecule has 2 aromatic rings. The van der Waals surface area contributed by atoms with Crippen molar-refractivity contribution < 1.29 is 10.2 Å². The molecule has 3 nitrogen and oxygen atoms in total. The zero-order valence-corrected chi connectivity index (χ0v) is 11.4. The molecule has 2 rings (SSSR count). The summed E-state index contributed by atoms with van der Waals surface area (Å²) >= 11 is 0. The SMILES string of the molecule is CCC(O)CNC(C)c1ccc2ccccc2c1O. The summed E-state index contributed by atoms with van der Waals surface area (Å²) in [4.78, 5) is 0. The summed E-state index contributed by atoms with van der Waals surface area (Å²) in [6.45, 7) is 4.47. The van der Waals surface area contributed by atoms with Gasteiger partial charge in [-0.2, -0.15) is 0 Å². The van der Waals surface area contributed by atoms with E-state index in [1.54, 1.807) is 0 Å². The van der Waals surface area contributed by atoms with Gasteiger partial charge in [-0.15, -0.1) is 0 Å². The highest BCUT2D eigenvalue weighted by Gasteiger charge is 2.13. The number of phenolic OH excluding ortho intramolecular Hbond substituents is 1. The monoisotopic (exact) mass is 259 g/mol. The Bertz CT molecular complexity index is 553. The highest BCUT2D eigenvalue weighted by atomic mass is 16.3. The standard InChI is InChI=1S/C16H21NO2/c1-3-13(18)10-17-11(2)14-9-8-12-6-4-5-7-15(12)16(14)19/h4-9,11,13,17-19H,3,10H2,1-2H3. The highest BCUT2D eigenvalue weighted by Crippen LogP contribution is 2.32. The van der Waals surface area contributed by atoms with Crippen molar-refractivity contribution in [2.75, 3.05) is 6.54 Å². The van der Waals surface area contributed by atoms with Crippen LogP contribution in [0.1, 0.15) is 31.9 Å². The van der Waals surface area contributed by atoms with E-state index in [0.717, 1.165) is 22.8 Å².